The number of carbonyl (C=O) groups excluding carboxylic acids is 2. The number of likely N-dealkylation sites (tertiary alicyclic amines) is 1. The van der Waals surface area contributed by atoms with E-state index in [4.69, 9.17) is 4.74 Å². The Morgan fingerprint density at radius 2 is 1.85 bits per heavy atom. The molecule has 2 amide bonds. The fourth-order valence-electron chi connectivity index (χ4n) is 2.19. The van der Waals surface area contributed by atoms with E-state index in [0.29, 0.717) is 17.9 Å². The minimum absolute atomic E-state index is 0.00669. The van der Waals surface area contributed by atoms with Crippen LogP contribution in [0.4, 0.5) is 0 Å². The van der Waals surface area contributed by atoms with Gasteiger partial charge in [0, 0.05) is 25.2 Å². The van der Waals surface area contributed by atoms with Crippen LogP contribution >= 0.6 is 0 Å². The molecule has 1 heterocycles. The molecule has 0 spiro atoms. The second-order valence-electron chi connectivity index (χ2n) is 4.77. The SMILES string of the molecule is CCNC(=O)COc1ccc(C(=O)N2CCCC2)cc1. The molecule has 0 atom stereocenters. The van der Waals surface area contributed by atoms with E-state index in [1.54, 1.807) is 24.3 Å². The number of likely N-dealkylation sites (N-methyl/N-ethyl adjacent to an activating group) is 1. The molecule has 1 aliphatic heterocycles. The summed E-state index contributed by atoms with van der Waals surface area (Å²) in [6.07, 6.45) is 2.17. The molecular weight excluding hydrogens is 256 g/mol. The van der Waals surface area contributed by atoms with E-state index >= 15 is 0 Å². The average molecular weight is 276 g/mol. The second-order valence-corrected chi connectivity index (χ2v) is 4.77. The molecule has 0 aromatic heterocycles. The molecule has 0 radical (unpaired) electrons. The molecule has 0 bridgehead atoms. The largest absolute Gasteiger partial charge is 0.484 e. The number of benzene rings is 1. The van der Waals surface area contributed by atoms with Gasteiger partial charge in [0.05, 0.1) is 0 Å². The zero-order valence-corrected chi connectivity index (χ0v) is 11.7. The standard InChI is InChI=1S/C15H20N2O3/c1-2-16-14(18)11-20-13-7-5-12(6-8-13)15(19)17-9-3-4-10-17/h5-8H,2-4,9-11H2,1H3,(H,16,18). The Morgan fingerprint density at radius 3 is 2.45 bits per heavy atom. The number of nitrogens with zero attached hydrogens (tertiary/aromatic N) is 1. The molecule has 1 aromatic rings. The Morgan fingerprint density at radius 1 is 1.20 bits per heavy atom. The van der Waals surface area contributed by atoms with Crippen LogP contribution in [0.5, 0.6) is 5.75 Å². The van der Waals surface area contributed by atoms with Crippen LogP contribution in [0.25, 0.3) is 0 Å². The van der Waals surface area contributed by atoms with Gasteiger partial charge in [-0.1, -0.05) is 0 Å². The lowest BCUT2D eigenvalue weighted by Crippen LogP contribution is -2.28. The van der Waals surface area contributed by atoms with Crippen molar-refractivity contribution < 1.29 is 14.3 Å². The molecule has 0 unspecified atom stereocenters. The maximum atomic E-state index is 12.1. The first-order valence-corrected chi connectivity index (χ1v) is 6.99. The molecule has 2 rings (SSSR count). The molecule has 5 heteroatoms. The third-order valence-electron chi connectivity index (χ3n) is 3.24. The quantitative estimate of drug-likeness (QED) is 0.885. The maximum absolute atomic E-state index is 12.1. The van der Waals surface area contributed by atoms with Gasteiger partial charge in [-0.2, -0.15) is 0 Å². The van der Waals surface area contributed by atoms with Gasteiger partial charge in [0.25, 0.3) is 11.8 Å². The molecule has 0 aliphatic carbocycles. The van der Waals surface area contributed by atoms with Gasteiger partial charge in [0.15, 0.2) is 6.61 Å². The predicted molar refractivity (Wildman–Crippen MR) is 75.8 cm³/mol. The number of ether oxygens (including phenoxy) is 1. The Kier molecular flexibility index (Phi) is 4.98. The molecule has 1 fully saturated rings. The Bertz CT molecular complexity index is 465. The highest BCUT2D eigenvalue weighted by Crippen LogP contribution is 2.16. The topological polar surface area (TPSA) is 58.6 Å². The van der Waals surface area contributed by atoms with Crippen molar-refractivity contribution >= 4 is 11.8 Å². The van der Waals surface area contributed by atoms with E-state index in [-0.39, 0.29) is 18.4 Å². The van der Waals surface area contributed by atoms with E-state index in [1.165, 1.54) is 0 Å². The van der Waals surface area contributed by atoms with Gasteiger partial charge < -0.3 is 15.0 Å². The normalized spacial score (nSPS) is 14.2. The monoisotopic (exact) mass is 276 g/mol. The van der Waals surface area contributed by atoms with Crippen molar-refractivity contribution in [3.8, 4) is 5.75 Å². The average Bonchev–Trinajstić information content (AvgIpc) is 2.99. The molecule has 108 valence electrons. The van der Waals surface area contributed by atoms with Crippen molar-refractivity contribution in [2.45, 2.75) is 19.8 Å². The summed E-state index contributed by atoms with van der Waals surface area (Å²) in [5.74, 6) is 0.511. The Hall–Kier alpha value is -2.04. The van der Waals surface area contributed by atoms with Gasteiger partial charge in [-0.15, -0.1) is 0 Å². The third kappa shape index (κ3) is 3.73. The lowest BCUT2D eigenvalue weighted by molar-refractivity contribution is -0.122. The zero-order chi connectivity index (χ0) is 14.4. The molecule has 1 aromatic carbocycles. The minimum atomic E-state index is -0.148. The van der Waals surface area contributed by atoms with Crippen LogP contribution in [-0.2, 0) is 4.79 Å². The minimum Gasteiger partial charge on any atom is -0.484 e. The highest BCUT2D eigenvalue weighted by Gasteiger charge is 2.19. The molecule has 0 saturated carbocycles. The number of hydrogen-bond donors (Lipinski definition) is 1. The van der Waals surface area contributed by atoms with Crippen molar-refractivity contribution in [1.82, 2.24) is 10.2 Å². The predicted octanol–water partition coefficient (Wildman–Crippen LogP) is 1.44. The summed E-state index contributed by atoms with van der Waals surface area (Å²) >= 11 is 0. The van der Waals surface area contributed by atoms with Crippen LogP contribution in [0.2, 0.25) is 0 Å². The summed E-state index contributed by atoms with van der Waals surface area (Å²) in [6.45, 7) is 4.12. The Labute approximate surface area is 118 Å². The van der Waals surface area contributed by atoms with E-state index in [0.717, 1.165) is 25.9 Å². The van der Waals surface area contributed by atoms with E-state index < -0.39 is 0 Å². The first-order valence-electron chi connectivity index (χ1n) is 6.99. The summed E-state index contributed by atoms with van der Waals surface area (Å²) in [4.78, 5) is 25.3. The summed E-state index contributed by atoms with van der Waals surface area (Å²) in [7, 11) is 0. The third-order valence-corrected chi connectivity index (χ3v) is 3.24. The van der Waals surface area contributed by atoms with Crippen LogP contribution in [0, 0.1) is 0 Å². The fraction of sp³-hybridized carbons (Fsp3) is 0.467. The molecule has 1 saturated heterocycles. The molecular formula is C15H20N2O3. The van der Waals surface area contributed by atoms with Crippen LogP contribution < -0.4 is 10.1 Å². The first kappa shape index (κ1) is 14.4. The lowest BCUT2D eigenvalue weighted by atomic mass is 10.2. The van der Waals surface area contributed by atoms with Gasteiger partial charge in [-0.3, -0.25) is 9.59 Å². The summed E-state index contributed by atoms with van der Waals surface area (Å²) in [6, 6.07) is 6.94. The summed E-state index contributed by atoms with van der Waals surface area (Å²) in [5.41, 5.74) is 0.664. The van der Waals surface area contributed by atoms with Gasteiger partial charge in [0.1, 0.15) is 5.75 Å². The van der Waals surface area contributed by atoms with Crippen LogP contribution in [0.3, 0.4) is 0 Å². The number of hydrogen-bond acceptors (Lipinski definition) is 3. The molecule has 5 nitrogen and oxygen atoms in total. The van der Waals surface area contributed by atoms with Gasteiger partial charge in [-0.05, 0) is 44.0 Å². The van der Waals surface area contributed by atoms with Crippen LogP contribution in [-0.4, -0.2) is 43.0 Å². The van der Waals surface area contributed by atoms with E-state index in [1.807, 2.05) is 11.8 Å². The summed E-state index contributed by atoms with van der Waals surface area (Å²) < 4.78 is 5.34. The van der Waals surface area contributed by atoms with E-state index in [9.17, 15) is 9.59 Å². The van der Waals surface area contributed by atoms with Crippen LogP contribution in [0.1, 0.15) is 30.1 Å². The van der Waals surface area contributed by atoms with E-state index in [2.05, 4.69) is 5.32 Å². The van der Waals surface area contributed by atoms with Gasteiger partial charge in [-0.25, -0.2) is 0 Å². The van der Waals surface area contributed by atoms with Crippen molar-refractivity contribution in [2.24, 2.45) is 0 Å². The highest BCUT2D eigenvalue weighted by atomic mass is 16.5. The second kappa shape index (κ2) is 6.93. The highest BCUT2D eigenvalue weighted by molar-refractivity contribution is 5.94. The van der Waals surface area contributed by atoms with Crippen molar-refractivity contribution in [3.63, 3.8) is 0 Å². The molecule has 20 heavy (non-hydrogen) atoms. The van der Waals surface area contributed by atoms with Crippen molar-refractivity contribution in [2.75, 3.05) is 26.2 Å². The molecule has 1 aliphatic rings. The number of nitrogens with one attached hydrogen (secondary N) is 1. The smallest absolute Gasteiger partial charge is 0.257 e. The zero-order valence-electron chi connectivity index (χ0n) is 11.7. The Balaban J connectivity index is 1.89. The lowest BCUT2D eigenvalue weighted by Gasteiger charge is -2.15. The number of rotatable bonds is 5. The van der Waals surface area contributed by atoms with Gasteiger partial charge in [0.2, 0.25) is 0 Å². The maximum Gasteiger partial charge on any atom is 0.257 e. The number of amides is 2. The summed E-state index contributed by atoms with van der Waals surface area (Å²) in [5, 5.41) is 2.66. The van der Waals surface area contributed by atoms with Crippen molar-refractivity contribution in [1.29, 1.82) is 0 Å². The fourth-order valence-corrected chi connectivity index (χ4v) is 2.19. The van der Waals surface area contributed by atoms with Crippen molar-refractivity contribution in [3.05, 3.63) is 29.8 Å². The van der Waals surface area contributed by atoms with Crippen LogP contribution in [0.15, 0.2) is 24.3 Å². The molecule has 1 N–H and O–H groups in total. The first-order chi connectivity index (χ1) is 9.70. The van der Waals surface area contributed by atoms with Gasteiger partial charge >= 0.3 is 0 Å². The number of carbonyl (C=O) groups is 2.